The summed E-state index contributed by atoms with van der Waals surface area (Å²) in [7, 11) is 3.31. The van der Waals surface area contributed by atoms with Crippen LogP contribution in [0.25, 0.3) is 0 Å². The van der Waals surface area contributed by atoms with E-state index in [4.69, 9.17) is 9.47 Å². The number of rotatable bonds is 5. The molecule has 21 heavy (non-hydrogen) atoms. The van der Waals surface area contributed by atoms with E-state index >= 15 is 0 Å². The number of hydrogen-bond donors (Lipinski definition) is 1. The SMILES string of the molecule is COc1ccc(C(C)Nc2c(Br)cccc2Br)c(OC)c1. The number of methoxy groups -OCH3 is 2. The van der Waals surface area contributed by atoms with Crippen LogP contribution in [0.3, 0.4) is 0 Å². The van der Waals surface area contributed by atoms with E-state index in [2.05, 4.69) is 44.1 Å². The summed E-state index contributed by atoms with van der Waals surface area (Å²) in [6, 6.07) is 11.9. The first-order valence-electron chi connectivity index (χ1n) is 6.49. The van der Waals surface area contributed by atoms with Crippen molar-refractivity contribution in [2.75, 3.05) is 19.5 Å². The highest BCUT2D eigenvalue weighted by atomic mass is 79.9. The lowest BCUT2D eigenvalue weighted by molar-refractivity contribution is 0.390. The Hall–Kier alpha value is -1.20. The van der Waals surface area contributed by atoms with Gasteiger partial charge >= 0.3 is 0 Å². The van der Waals surface area contributed by atoms with E-state index < -0.39 is 0 Å². The van der Waals surface area contributed by atoms with Crippen molar-refractivity contribution >= 4 is 37.5 Å². The topological polar surface area (TPSA) is 30.5 Å². The molecule has 0 aliphatic rings. The fourth-order valence-electron chi connectivity index (χ4n) is 2.11. The molecule has 5 heteroatoms. The van der Waals surface area contributed by atoms with Crippen LogP contribution in [0.1, 0.15) is 18.5 Å². The van der Waals surface area contributed by atoms with Gasteiger partial charge in [-0.3, -0.25) is 0 Å². The van der Waals surface area contributed by atoms with E-state index in [0.717, 1.165) is 31.7 Å². The van der Waals surface area contributed by atoms with Gasteiger partial charge in [0, 0.05) is 20.6 Å². The summed E-state index contributed by atoms with van der Waals surface area (Å²) in [5, 5.41) is 3.49. The molecule has 2 rings (SSSR count). The second-order valence-corrected chi connectivity index (χ2v) is 6.28. The number of hydrogen-bond acceptors (Lipinski definition) is 3. The first-order chi connectivity index (χ1) is 10.1. The molecule has 0 saturated carbocycles. The predicted molar refractivity (Wildman–Crippen MR) is 93.4 cm³/mol. The Bertz CT molecular complexity index is 611. The Balaban J connectivity index is 2.30. The minimum Gasteiger partial charge on any atom is -0.497 e. The van der Waals surface area contributed by atoms with E-state index in [1.807, 2.05) is 36.4 Å². The van der Waals surface area contributed by atoms with Gasteiger partial charge < -0.3 is 14.8 Å². The molecule has 1 N–H and O–H groups in total. The van der Waals surface area contributed by atoms with E-state index in [1.165, 1.54) is 0 Å². The van der Waals surface area contributed by atoms with Crippen molar-refractivity contribution in [3.05, 3.63) is 50.9 Å². The summed E-state index contributed by atoms with van der Waals surface area (Å²) < 4.78 is 12.7. The van der Waals surface area contributed by atoms with E-state index in [9.17, 15) is 0 Å². The third-order valence-electron chi connectivity index (χ3n) is 3.23. The molecular formula is C16H17Br2NO2. The molecule has 0 bridgehead atoms. The number of ether oxygens (including phenoxy) is 2. The van der Waals surface area contributed by atoms with Gasteiger partial charge in [0.2, 0.25) is 0 Å². The van der Waals surface area contributed by atoms with Gasteiger partial charge in [0.25, 0.3) is 0 Å². The van der Waals surface area contributed by atoms with Gasteiger partial charge in [-0.15, -0.1) is 0 Å². The fraction of sp³-hybridized carbons (Fsp3) is 0.250. The first-order valence-corrected chi connectivity index (χ1v) is 8.08. The highest BCUT2D eigenvalue weighted by Gasteiger charge is 2.15. The van der Waals surface area contributed by atoms with Crippen molar-refractivity contribution in [2.24, 2.45) is 0 Å². The maximum atomic E-state index is 5.46. The average Bonchev–Trinajstić information content (AvgIpc) is 2.50. The lowest BCUT2D eigenvalue weighted by Crippen LogP contribution is -2.09. The highest BCUT2D eigenvalue weighted by molar-refractivity contribution is 9.11. The van der Waals surface area contributed by atoms with Crippen LogP contribution in [0.4, 0.5) is 5.69 Å². The van der Waals surface area contributed by atoms with Crippen molar-refractivity contribution in [1.82, 2.24) is 0 Å². The molecule has 0 spiro atoms. The second-order valence-electron chi connectivity index (χ2n) is 4.57. The number of anilines is 1. The molecule has 1 unspecified atom stereocenters. The highest BCUT2D eigenvalue weighted by Crippen LogP contribution is 2.36. The zero-order valence-electron chi connectivity index (χ0n) is 12.1. The Morgan fingerprint density at radius 3 is 2.24 bits per heavy atom. The van der Waals surface area contributed by atoms with Crippen LogP contribution >= 0.6 is 31.9 Å². The Kier molecular flexibility index (Phi) is 5.53. The van der Waals surface area contributed by atoms with Gasteiger partial charge in [-0.25, -0.2) is 0 Å². The third kappa shape index (κ3) is 3.71. The molecule has 0 heterocycles. The van der Waals surface area contributed by atoms with E-state index in [1.54, 1.807) is 14.2 Å². The van der Waals surface area contributed by atoms with Crippen LogP contribution in [0, 0.1) is 0 Å². The number of benzene rings is 2. The first kappa shape index (κ1) is 16.2. The van der Waals surface area contributed by atoms with Crippen molar-refractivity contribution < 1.29 is 9.47 Å². The van der Waals surface area contributed by atoms with Crippen molar-refractivity contribution in [3.8, 4) is 11.5 Å². The number of para-hydroxylation sites is 1. The lowest BCUT2D eigenvalue weighted by atomic mass is 10.1. The summed E-state index contributed by atoms with van der Waals surface area (Å²) in [6.07, 6.45) is 0. The van der Waals surface area contributed by atoms with Crippen LogP contribution in [-0.4, -0.2) is 14.2 Å². The summed E-state index contributed by atoms with van der Waals surface area (Å²) >= 11 is 7.13. The van der Waals surface area contributed by atoms with Crippen LogP contribution < -0.4 is 14.8 Å². The van der Waals surface area contributed by atoms with Crippen molar-refractivity contribution in [1.29, 1.82) is 0 Å². The zero-order chi connectivity index (χ0) is 15.4. The number of nitrogens with one attached hydrogen (secondary N) is 1. The van der Waals surface area contributed by atoms with Gasteiger partial charge in [0.15, 0.2) is 0 Å². The van der Waals surface area contributed by atoms with Crippen LogP contribution in [0.15, 0.2) is 45.3 Å². The molecule has 0 aromatic heterocycles. The molecule has 0 aliphatic carbocycles. The van der Waals surface area contributed by atoms with Gasteiger partial charge in [-0.1, -0.05) is 6.07 Å². The molecule has 2 aromatic carbocycles. The van der Waals surface area contributed by atoms with Crippen molar-refractivity contribution in [2.45, 2.75) is 13.0 Å². The minimum atomic E-state index is 0.0841. The Labute approximate surface area is 141 Å². The maximum Gasteiger partial charge on any atom is 0.127 e. The fourth-order valence-corrected chi connectivity index (χ4v) is 3.33. The number of halogens is 2. The minimum absolute atomic E-state index is 0.0841. The molecule has 0 fully saturated rings. The second kappa shape index (κ2) is 7.18. The van der Waals surface area contributed by atoms with Gasteiger partial charge in [-0.05, 0) is 63.0 Å². The van der Waals surface area contributed by atoms with Crippen LogP contribution in [-0.2, 0) is 0 Å². The zero-order valence-corrected chi connectivity index (χ0v) is 15.3. The van der Waals surface area contributed by atoms with Gasteiger partial charge in [-0.2, -0.15) is 0 Å². The molecule has 0 amide bonds. The molecule has 0 aliphatic heterocycles. The Morgan fingerprint density at radius 2 is 1.67 bits per heavy atom. The Morgan fingerprint density at radius 1 is 1.00 bits per heavy atom. The quantitative estimate of drug-likeness (QED) is 0.710. The summed E-state index contributed by atoms with van der Waals surface area (Å²) in [6.45, 7) is 2.09. The smallest absolute Gasteiger partial charge is 0.127 e. The summed E-state index contributed by atoms with van der Waals surface area (Å²) in [4.78, 5) is 0. The van der Waals surface area contributed by atoms with Gasteiger partial charge in [0.05, 0.1) is 25.9 Å². The standard InChI is InChI=1S/C16H17Br2NO2/c1-10(19-16-13(17)5-4-6-14(16)18)12-8-7-11(20-2)9-15(12)21-3/h4-10,19H,1-3H3. The molecular weight excluding hydrogens is 398 g/mol. The van der Waals surface area contributed by atoms with Crippen LogP contribution in [0.5, 0.6) is 11.5 Å². The molecule has 112 valence electrons. The monoisotopic (exact) mass is 413 g/mol. The average molecular weight is 415 g/mol. The lowest BCUT2D eigenvalue weighted by Gasteiger charge is -2.20. The molecule has 0 radical (unpaired) electrons. The van der Waals surface area contributed by atoms with E-state index in [-0.39, 0.29) is 6.04 Å². The molecule has 2 aromatic rings. The van der Waals surface area contributed by atoms with Gasteiger partial charge in [0.1, 0.15) is 11.5 Å². The van der Waals surface area contributed by atoms with Crippen LogP contribution in [0.2, 0.25) is 0 Å². The predicted octanol–water partition coefficient (Wildman–Crippen LogP) is 5.40. The van der Waals surface area contributed by atoms with Crippen molar-refractivity contribution in [3.63, 3.8) is 0 Å². The molecule has 3 nitrogen and oxygen atoms in total. The summed E-state index contributed by atoms with van der Waals surface area (Å²) in [5.74, 6) is 1.59. The molecule has 0 saturated heterocycles. The molecule has 1 atom stereocenters. The third-order valence-corrected chi connectivity index (χ3v) is 4.55. The maximum absolute atomic E-state index is 5.46. The van der Waals surface area contributed by atoms with E-state index in [0.29, 0.717) is 0 Å². The normalized spacial score (nSPS) is 11.9. The summed E-state index contributed by atoms with van der Waals surface area (Å²) in [5.41, 5.74) is 2.09. The largest absolute Gasteiger partial charge is 0.497 e.